The van der Waals surface area contributed by atoms with E-state index in [4.69, 9.17) is 0 Å². The normalized spacial score (nSPS) is 29.4. The Labute approximate surface area is 104 Å². The molecule has 2 fully saturated rings. The second kappa shape index (κ2) is 4.02. The lowest BCUT2D eigenvalue weighted by molar-refractivity contribution is 0.285. The fourth-order valence-electron chi connectivity index (χ4n) is 3.13. The predicted octanol–water partition coefficient (Wildman–Crippen LogP) is 2.57. The molecule has 1 saturated heterocycles. The highest BCUT2D eigenvalue weighted by atomic mass is 15.2. The number of anilines is 1. The Hall–Kier alpha value is -1.02. The van der Waals surface area contributed by atoms with Gasteiger partial charge in [0.2, 0.25) is 0 Å². The Bertz CT molecular complexity index is 411. The zero-order valence-corrected chi connectivity index (χ0v) is 10.9. The average molecular weight is 230 g/mol. The number of hydrogen-bond acceptors (Lipinski definition) is 2. The van der Waals surface area contributed by atoms with Gasteiger partial charge in [-0.15, -0.1) is 0 Å². The van der Waals surface area contributed by atoms with Crippen molar-refractivity contribution in [3.05, 3.63) is 29.8 Å². The van der Waals surface area contributed by atoms with Gasteiger partial charge in [0, 0.05) is 30.9 Å². The van der Waals surface area contributed by atoms with Crippen LogP contribution < -0.4 is 10.2 Å². The van der Waals surface area contributed by atoms with Crippen molar-refractivity contribution in [2.45, 2.75) is 32.2 Å². The van der Waals surface area contributed by atoms with Crippen LogP contribution in [0.5, 0.6) is 0 Å². The molecule has 1 heterocycles. The SMILES string of the molecule is Cc1ccccc1N1CCNC(C)(C2CC2)C1. The number of hydrogen-bond donors (Lipinski definition) is 1. The Morgan fingerprint density at radius 3 is 2.76 bits per heavy atom. The molecule has 0 bridgehead atoms. The van der Waals surface area contributed by atoms with Crippen LogP contribution in [0.3, 0.4) is 0 Å². The highest BCUT2D eigenvalue weighted by molar-refractivity contribution is 5.53. The summed E-state index contributed by atoms with van der Waals surface area (Å²) in [6.07, 6.45) is 2.82. The first-order chi connectivity index (χ1) is 8.19. The topological polar surface area (TPSA) is 15.3 Å². The number of para-hydroxylation sites is 1. The summed E-state index contributed by atoms with van der Waals surface area (Å²) in [6.45, 7) is 8.01. The second-order valence-corrected chi connectivity index (χ2v) is 5.83. The van der Waals surface area contributed by atoms with Gasteiger partial charge in [0.1, 0.15) is 0 Å². The van der Waals surface area contributed by atoms with Crippen molar-refractivity contribution in [2.75, 3.05) is 24.5 Å². The van der Waals surface area contributed by atoms with Crippen molar-refractivity contribution in [2.24, 2.45) is 5.92 Å². The van der Waals surface area contributed by atoms with E-state index in [9.17, 15) is 0 Å². The third-order valence-corrected chi connectivity index (χ3v) is 4.36. The van der Waals surface area contributed by atoms with E-state index in [1.165, 1.54) is 24.1 Å². The Morgan fingerprint density at radius 2 is 2.06 bits per heavy atom. The molecule has 1 N–H and O–H groups in total. The molecular formula is C15H22N2. The molecule has 2 heteroatoms. The molecule has 1 unspecified atom stereocenters. The Kier molecular flexibility index (Phi) is 2.62. The minimum Gasteiger partial charge on any atom is -0.368 e. The van der Waals surface area contributed by atoms with Gasteiger partial charge in [-0.05, 0) is 44.2 Å². The maximum Gasteiger partial charge on any atom is 0.0396 e. The molecule has 17 heavy (non-hydrogen) atoms. The van der Waals surface area contributed by atoms with Gasteiger partial charge in [0.25, 0.3) is 0 Å². The van der Waals surface area contributed by atoms with E-state index in [1.807, 2.05) is 0 Å². The van der Waals surface area contributed by atoms with E-state index in [2.05, 4.69) is 48.3 Å². The first-order valence-electron chi connectivity index (χ1n) is 6.75. The van der Waals surface area contributed by atoms with Gasteiger partial charge in [0.15, 0.2) is 0 Å². The molecule has 1 aromatic rings. The van der Waals surface area contributed by atoms with E-state index < -0.39 is 0 Å². The highest BCUT2D eigenvalue weighted by Crippen LogP contribution is 2.41. The number of benzene rings is 1. The molecule has 0 radical (unpaired) electrons. The molecule has 1 saturated carbocycles. The summed E-state index contributed by atoms with van der Waals surface area (Å²) in [6, 6.07) is 8.75. The van der Waals surface area contributed by atoms with E-state index >= 15 is 0 Å². The first kappa shape index (κ1) is 11.1. The lowest BCUT2D eigenvalue weighted by atomic mass is 9.92. The van der Waals surface area contributed by atoms with E-state index in [0.29, 0.717) is 5.54 Å². The largest absolute Gasteiger partial charge is 0.368 e. The zero-order valence-electron chi connectivity index (χ0n) is 10.9. The second-order valence-electron chi connectivity index (χ2n) is 5.83. The van der Waals surface area contributed by atoms with Gasteiger partial charge >= 0.3 is 0 Å². The van der Waals surface area contributed by atoms with E-state index in [1.54, 1.807) is 0 Å². The first-order valence-corrected chi connectivity index (χ1v) is 6.75. The van der Waals surface area contributed by atoms with Gasteiger partial charge in [-0.2, -0.15) is 0 Å². The minimum atomic E-state index is 0.334. The summed E-state index contributed by atoms with van der Waals surface area (Å²) in [7, 11) is 0. The molecule has 1 aliphatic carbocycles. The van der Waals surface area contributed by atoms with Crippen LogP contribution in [0.2, 0.25) is 0 Å². The number of rotatable bonds is 2. The number of piperazine rings is 1. The Balaban J connectivity index is 1.82. The smallest absolute Gasteiger partial charge is 0.0396 e. The van der Waals surface area contributed by atoms with Crippen molar-refractivity contribution in [1.82, 2.24) is 5.32 Å². The molecule has 1 atom stereocenters. The van der Waals surface area contributed by atoms with Crippen molar-refractivity contribution in [1.29, 1.82) is 0 Å². The zero-order chi connectivity index (χ0) is 11.9. The molecule has 0 aromatic heterocycles. The predicted molar refractivity (Wildman–Crippen MR) is 72.5 cm³/mol. The van der Waals surface area contributed by atoms with Crippen molar-refractivity contribution in [3.63, 3.8) is 0 Å². The van der Waals surface area contributed by atoms with Crippen molar-refractivity contribution in [3.8, 4) is 0 Å². The molecule has 2 aliphatic rings. The molecule has 0 amide bonds. The van der Waals surface area contributed by atoms with Gasteiger partial charge in [-0.3, -0.25) is 0 Å². The highest BCUT2D eigenvalue weighted by Gasteiger charge is 2.43. The molecule has 92 valence electrons. The summed E-state index contributed by atoms with van der Waals surface area (Å²) >= 11 is 0. The van der Waals surface area contributed by atoms with Gasteiger partial charge in [0.05, 0.1) is 0 Å². The summed E-state index contributed by atoms with van der Waals surface area (Å²) in [5, 5.41) is 3.73. The number of nitrogens with zero attached hydrogens (tertiary/aromatic N) is 1. The third kappa shape index (κ3) is 2.06. The fraction of sp³-hybridized carbons (Fsp3) is 0.600. The lowest BCUT2D eigenvalue weighted by Crippen LogP contribution is -2.60. The quantitative estimate of drug-likeness (QED) is 0.840. The van der Waals surface area contributed by atoms with Crippen LogP contribution in [0.15, 0.2) is 24.3 Å². The lowest BCUT2D eigenvalue weighted by Gasteiger charge is -2.43. The summed E-state index contributed by atoms with van der Waals surface area (Å²) in [5.74, 6) is 0.898. The van der Waals surface area contributed by atoms with Gasteiger partial charge in [-0.1, -0.05) is 18.2 Å². The Morgan fingerprint density at radius 1 is 1.29 bits per heavy atom. The molecule has 0 spiro atoms. The average Bonchev–Trinajstić information content (AvgIpc) is 3.14. The minimum absolute atomic E-state index is 0.334. The maximum absolute atomic E-state index is 3.73. The van der Waals surface area contributed by atoms with Crippen molar-refractivity contribution < 1.29 is 0 Å². The monoisotopic (exact) mass is 230 g/mol. The van der Waals surface area contributed by atoms with Crippen LogP contribution in [-0.4, -0.2) is 25.2 Å². The van der Waals surface area contributed by atoms with E-state index in [-0.39, 0.29) is 0 Å². The van der Waals surface area contributed by atoms with Gasteiger partial charge in [-0.25, -0.2) is 0 Å². The molecule has 3 rings (SSSR count). The molecule has 2 nitrogen and oxygen atoms in total. The van der Waals surface area contributed by atoms with Crippen LogP contribution >= 0.6 is 0 Å². The summed E-state index contributed by atoms with van der Waals surface area (Å²) in [4.78, 5) is 2.56. The van der Waals surface area contributed by atoms with Crippen molar-refractivity contribution >= 4 is 5.69 Å². The van der Waals surface area contributed by atoms with Crippen LogP contribution in [0, 0.1) is 12.8 Å². The van der Waals surface area contributed by atoms with Gasteiger partial charge < -0.3 is 10.2 Å². The van der Waals surface area contributed by atoms with Crippen LogP contribution in [0.4, 0.5) is 5.69 Å². The third-order valence-electron chi connectivity index (χ3n) is 4.36. The molecular weight excluding hydrogens is 208 g/mol. The van der Waals surface area contributed by atoms with Crippen LogP contribution in [0.1, 0.15) is 25.3 Å². The number of nitrogens with one attached hydrogen (secondary N) is 1. The molecule has 1 aliphatic heterocycles. The van der Waals surface area contributed by atoms with E-state index in [0.717, 1.165) is 25.6 Å². The summed E-state index contributed by atoms with van der Waals surface area (Å²) in [5.41, 5.74) is 3.15. The summed E-state index contributed by atoms with van der Waals surface area (Å²) < 4.78 is 0. The number of aryl methyl sites for hydroxylation is 1. The van der Waals surface area contributed by atoms with Crippen LogP contribution in [0.25, 0.3) is 0 Å². The fourth-order valence-corrected chi connectivity index (χ4v) is 3.13. The standard InChI is InChI=1S/C15H22N2/c1-12-5-3-4-6-14(12)17-10-9-16-15(2,11-17)13-7-8-13/h3-6,13,16H,7-11H2,1-2H3. The van der Waals surface area contributed by atoms with Crippen LogP contribution in [-0.2, 0) is 0 Å². The maximum atomic E-state index is 3.73. The molecule has 1 aromatic carbocycles.